The van der Waals surface area contributed by atoms with Crippen molar-refractivity contribution in [3.05, 3.63) is 12.3 Å². The molecule has 0 radical (unpaired) electrons. The topological polar surface area (TPSA) is 74.2 Å². The molecule has 0 aliphatic carbocycles. The van der Waals surface area contributed by atoms with E-state index in [1.54, 1.807) is 13.0 Å². The maximum absolute atomic E-state index is 12.0. The molecule has 0 aromatic heterocycles. The number of ether oxygens (including phenoxy) is 4. The van der Waals surface area contributed by atoms with Gasteiger partial charge in [0.1, 0.15) is 11.5 Å². The predicted octanol–water partition coefficient (Wildman–Crippen LogP) is 1.62. The van der Waals surface area contributed by atoms with Crippen molar-refractivity contribution in [2.75, 3.05) is 13.7 Å². The van der Waals surface area contributed by atoms with Crippen LogP contribution in [0.3, 0.4) is 0 Å². The van der Waals surface area contributed by atoms with E-state index in [1.165, 1.54) is 13.4 Å². The number of aliphatic hydroxyl groups excluding tert-OH is 1. The standard InChI is InChI=1S/C16H26O6/c1-10(12(17)8-11-9-21-15(2,3)22-11)13-16(4,6-7-20-13)14(18)19-5/h6-7,10-13,17H,8-9H2,1-5H3/t10-,11+,12-,13+,16+/m1/s1. The third-order valence-electron chi connectivity index (χ3n) is 4.51. The molecule has 1 N–H and O–H groups in total. The summed E-state index contributed by atoms with van der Waals surface area (Å²) in [5, 5.41) is 10.5. The van der Waals surface area contributed by atoms with Gasteiger partial charge in [0.2, 0.25) is 0 Å². The van der Waals surface area contributed by atoms with Crippen LogP contribution in [0.5, 0.6) is 0 Å². The van der Waals surface area contributed by atoms with Gasteiger partial charge in [-0.05, 0) is 26.8 Å². The molecule has 0 aromatic carbocycles. The maximum atomic E-state index is 12.0. The van der Waals surface area contributed by atoms with Crippen LogP contribution in [0.15, 0.2) is 12.3 Å². The van der Waals surface area contributed by atoms with Crippen LogP contribution in [0.25, 0.3) is 0 Å². The summed E-state index contributed by atoms with van der Waals surface area (Å²) in [6, 6.07) is 0. The van der Waals surface area contributed by atoms with Gasteiger partial charge in [-0.25, -0.2) is 0 Å². The Balaban J connectivity index is 1.98. The Morgan fingerprint density at radius 2 is 2.14 bits per heavy atom. The summed E-state index contributed by atoms with van der Waals surface area (Å²) >= 11 is 0. The second-order valence-electron chi connectivity index (χ2n) is 6.75. The minimum Gasteiger partial charge on any atom is -0.496 e. The maximum Gasteiger partial charge on any atom is 0.319 e. The van der Waals surface area contributed by atoms with Crippen LogP contribution in [0.1, 0.15) is 34.1 Å². The second kappa shape index (κ2) is 6.18. The van der Waals surface area contributed by atoms with Crippen molar-refractivity contribution in [1.82, 2.24) is 0 Å². The number of carbonyl (C=O) groups is 1. The predicted molar refractivity (Wildman–Crippen MR) is 78.8 cm³/mol. The fraction of sp³-hybridized carbons (Fsp3) is 0.812. The Bertz CT molecular complexity index is 446. The van der Waals surface area contributed by atoms with Crippen LogP contribution in [0.4, 0.5) is 0 Å². The summed E-state index contributed by atoms with van der Waals surface area (Å²) in [5.41, 5.74) is -0.887. The molecule has 0 amide bonds. The number of hydrogen-bond donors (Lipinski definition) is 1. The van der Waals surface area contributed by atoms with Gasteiger partial charge in [0, 0.05) is 12.3 Å². The quantitative estimate of drug-likeness (QED) is 0.777. The molecule has 0 saturated carbocycles. The lowest BCUT2D eigenvalue weighted by Gasteiger charge is -2.34. The number of carbonyl (C=O) groups excluding carboxylic acids is 1. The van der Waals surface area contributed by atoms with Gasteiger partial charge in [-0.15, -0.1) is 0 Å². The van der Waals surface area contributed by atoms with Crippen molar-refractivity contribution in [3.63, 3.8) is 0 Å². The molecule has 6 heteroatoms. The molecular weight excluding hydrogens is 288 g/mol. The molecule has 0 unspecified atom stereocenters. The van der Waals surface area contributed by atoms with Gasteiger partial charge in [-0.2, -0.15) is 0 Å². The minimum absolute atomic E-state index is 0.161. The SMILES string of the molecule is COC(=O)[C@@]1(C)C=CO[C@H]1[C@H](C)[C@H](O)C[C@H]1COC(C)(C)O1. The van der Waals surface area contributed by atoms with Crippen LogP contribution in [-0.4, -0.2) is 48.9 Å². The van der Waals surface area contributed by atoms with Crippen molar-refractivity contribution >= 4 is 5.97 Å². The zero-order valence-corrected chi connectivity index (χ0v) is 13.9. The highest BCUT2D eigenvalue weighted by Gasteiger charge is 2.49. The molecule has 1 saturated heterocycles. The van der Waals surface area contributed by atoms with Gasteiger partial charge in [-0.3, -0.25) is 4.79 Å². The summed E-state index contributed by atoms with van der Waals surface area (Å²) < 4.78 is 21.7. The average molecular weight is 314 g/mol. The first-order valence-corrected chi connectivity index (χ1v) is 7.61. The normalized spacial score (nSPS) is 35.9. The van der Waals surface area contributed by atoms with Crippen LogP contribution in [-0.2, 0) is 23.7 Å². The Labute approximate surface area is 131 Å². The first-order valence-electron chi connectivity index (χ1n) is 7.61. The molecule has 2 aliphatic heterocycles. The molecule has 22 heavy (non-hydrogen) atoms. The molecule has 5 atom stereocenters. The minimum atomic E-state index is -0.887. The summed E-state index contributed by atoms with van der Waals surface area (Å²) in [4.78, 5) is 12.0. The molecule has 6 nitrogen and oxygen atoms in total. The lowest BCUT2D eigenvalue weighted by Crippen LogP contribution is -2.45. The monoisotopic (exact) mass is 314 g/mol. The third kappa shape index (κ3) is 3.29. The van der Waals surface area contributed by atoms with Crippen LogP contribution in [0.2, 0.25) is 0 Å². The highest BCUT2D eigenvalue weighted by Crippen LogP contribution is 2.39. The summed E-state index contributed by atoms with van der Waals surface area (Å²) in [6.45, 7) is 7.77. The zero-order chi connectivity index (χ0) is 16.5. The fourth-order valence-corrected chi connectivity index (χ4v) is 3.14. The van der Waals surface area contributed by atoms with E-state index in [-0.39, 0.29) is 18.0 Å². The number of hydrogen-bond acceptors (Lipinski definition) is 6. The van der Waals surface area contributed by atoms with Crippen molar-refractivity contribution < 1.29 is 28.8 Å². The first kappa shape index (κ1) is 17.2. The molecule has 0 aromatic rings. The Kier molecular flexibility index (Phi) is 4.84. The van der Waals surface area contributed by atoms with Crippen LogP contribution >= 0.6 is 0 Å². The Morgan fingerprint density at radius 3 is 2.68 bits per heavy atom. The van der Waals surface area contributed by atoms with E-state index >= 15 is 0 Å². The largest absolute Gasteiger partial charge is 0.496 e. The van der Waals surface area contributed by atoms with Crippen molar-refractivity contribution in [2.45, 2.75) is 58.2 Å². The van der Waals surface area contributed by atoms with E-state index in [1.807, 2.05) is 20.8 Å². The molecule has 126 valence electrons. The van der Waals surface area contributed by atoms with Crippen LogP contribution in [0, 0.1) is 11.3 Å². The van der Waals surface area contributed by atoms with E-state index < -0.39 is 23.4 Å². The van der Waals surface area contributed by atoms with E-state index in [9.17, 15) is 9.90 Å². The second-order valence-corrected chi connectivity index (χ2v) is 6.75. The van der Waals surface area contributed by atoms with Gasteiger partial charge in [0.25, 0.3) is 0 Å². The van der Waals surface area contributed by atoms with E-state index in [4.69, 9.17) is 18.9 Å². The van der Waals surface area contributed by atoms with Crippen molar-refractivity contribution in [1.29, 1.82) is 0 Å². The molecule has 2 heterocycles. The van der Waals surface area contributed by atoms with E-state index in [0.717, 1.165) is 0 Å². The van der Waals surface area contributed by atoms with Gasteiger partial charge >= 0.3 is 5.97 Å². The lowest BCUT2D eigenvalue weighted by atomic mass is 9.77. The van der Waals surface area contributed by atoms with Gasteiger partial charge in [0.15, 0.2) is 5.79 Å². The number of aliphatic hydroxyl groups is 1. The number of esters is 1. The molecule has 0 bridgehead atoms. The lowest BCUT2D eigenvalue weighted by molar-refractivity contribution is -0.157. The average Bonchev–Trinajstić information content (AvgIpc) is 3.00. The van der Waals surface area contributed by atoms with Crippen LogP contribution < -0.4 is 0 Å². The van der Waals surface area contributed by atoms with Gasteiger partial charge < -0.3 is 24.1 Å². The highest BCUT2D eigenvalue weighted by atomic mass is 16.7. The van der Waals surface area contributed by atoms with E-state index in [2.05, 4.69) is 0 Å². The summed E-state index contributed by atoms with van der Waals surface area (Å²) in [5.74, 6) is -1.24. The zero-order valence-electron chi connectivity index (χ0n) is 13.9. The summed E-state index contributed by atoms with van der Waals surface area (Å²) in [7, 11) is 1.35. The van der Waals surface area contributed by atoms with E-state index in [0.29, 0.717) is 13.0 Å². The van der Waals surface area contributed by atoms with Crippen molar-refractivity contribution in [2.24, 2.45) is 11.3 Å². The first-order chi connectivity index (χ1) is 10.2. The molecule has 2 aliphatic rings. The molecular formula is C16H26O6. The fourth-order valence-electron chi connectivity index (χ4n) is 3.14. The van der Waals surface area contributed by atoms with Crippen molar-refractivity contribution in [3.8, 4) is 0 Å². The molecule has 1 fully saturated rings. The number of methoxy groups -OCH3 is 1. The molecule has 0 spiro atoms. The highest BCUT2D eigenvalue weighted by molar-refractivity contribution is 5.79. The van der Waals surface area contributed by atoms with Gasteiger partial charge in [0.05, 0.1) is 32.2 Å². The Hall–Kier alpha value is -1.11. The summed E-state index contributed by atoms with van der Waals surface area (Å²) in [6.07, 6.45) is 2.32. The van der Waals surface area contributed by atoms with Gasteiger partial charge in [-0.1, -0.05) is 6.92 Å². The third-order valence-corrected chi connectivity index (χ3v) is 4.51. The smallest absolute Gasteiger partial charge is 0.319 e. The number of rotatable bonds is 5. The Morgan fingerprint density at radius 1 is 1.45 bits per heavy atom. The molecule has 2 rings (SSSR count).